The van der Waals surface area contributed by atoms with Gasteiger partial charge in [0.15, 0.2) is 0 Å². The number of carbonyl (C=O) groups excluding carboxylic acids is 1. The van der Waals surface area contributed by atoms with Crippen LogP contribution >= 0.6 is 15.9 Å². The first-order chi connectivity index (χ1) is 10.2. The van der Waals surface area contributed by atoms with E-state index >= 15 is 0 Å². The summed E-state index contributed by atoms with van der Waals surface area (Å²) >= 11 is 3.46. The molecule has 1 aromatic rings. The van der Waals surface area contributed by atoms with Gasteiger partial charge in [-0.2, -0.15) is 0 Å². The van der Waals surface area contributed by atoms with Crippen molar-refractivity contribution >= 4 is 21.8 Å². The predicted molar refractivity (Wildman–Crippen MR) is 87.9 cm³/mol. The molecule has 21 heavy (non-hydrogen) atoms. The smallest absolute Gasteiger partial charge is 0.237 e. The van der Waals surface area contributed by atoms with Gasteiger partial charge in [0.05, 0.1) is 6.04 Å². The Kier molecular flexibility index (Phi) is 4.96. The van der Waals surface area contributed by atoms with Crippen LogP contribution in [0.25, 0.3) is 0 Å². The number of fused-ring (bicyclic) bond motifs is 1. The zero-order valence-corrected chi connectivity index (χ0v) is 13.9. The lowest BCUT2D eigenvalue weighted by Gasteiger charge is -2.39. The summed E-state index contributed by atoms with van der Waals surface area (Å²) in [6, 6.07) is 8.64. The molecule has 0 aromatic heterocycles. The van der Waals surface area contributed by atoms with E-state index in [9.17, 15) is 4.79 Å². The van der Waals surface area contributed by atoms with Gasteiger partial charge in [-0.3, -0.25) is 4.79 Å². The van der Waals surface area contributed by atoms with Gasteiger partial charge in [-0.1, -0.05) is 40.9 Å². The molecule has 0 spiro atoms. The van der Waals surface area contributed by atoms with Crippen LogP contribution in [0.15, 0.2) is 28.7 Å². The maximum absolute atomic E-state index is 12.3. The zero-order valence-electron chi connectivity index (χ0n) is 12.3. The molecule has 3 rings (SSSR count). The molecule has 2 fully saturated rings. The number of nitrogens with one attached hydrogen (secondary N) is 2. The largest absolute Gasteiger partial charge is 0.351 e. The molecule has 1 saturated carbocycles. The quantitative estimate of drug-likeness (QED) is 0.877. The van der Waals surface area contributed by atoms with Crippen molar-refractivity contribution in [3.63, 3.8) is 0 Å². The average Bonchev–Trinajstić information content (AvgIpc) is 2.52. The Labute approximate surface area is 135 Å². The molecule has 1 aromatic carbocycles. The Morgan fingerprint density at radius 3 is 2.95 bits per heavy atom. The van der Waals surface area contributed by atoms with Gasteiger partial charge in [-0.05, 0) is 49.3 Å². The normalized spacial score (nSPS) is 28.7. The second-order valence-electron chi connectivity index (χ2n) is 6.30. The summed E-state index contributed by atoms with van der Waals surface area (Å²) in [5.41, 5.74) is 1.13. The molecule has 2 N–H and O–H groups in total. The van der Waals surface area contributed by atoms with E-state index < -0.39 is 0 Å². The van der Waals surface area contributed by atoms with Crippen LogP contribution in [0.4, 0.5) is 0 Å². The van der Waals surface area contributed by atoms with Crippen LogP contribution in [0.3, 0.4) is 0 Å². The number of rotatable bonds is 3. The molecule has 1 amide bonds. The number of carbonyl (C=O) groups is 1. The summed E-state index contributed by atoms with van der Waals surface area (Å²) in [4.78, 5) is 12.3. The molecule has 0 radical (unpaired) electrons. The number of halogens is 1. The first-order valence-electron chi connectivity index (χ1n) is 8.00. The molecule has 1 aliphatic heterocycles. The highest BCUT2D eigenvalue weighted by molar-refractivity contribution is 9.10. The minimum atomic E-state index is -0.00324. The molecule has 114 valence electrons. The van der Waals surface area contributed by atoms with E-state index in [1.807, 2.05) is 24.3 Å². The molecular formula is C17H23BrN2O. The van der Waals surface area contributed by atoms with Crippen LogP contribution in [0.1, 0.15) is 44.1 Å². The molecule has 2 aliphatic rings. The van der Waals surface area contributed by atoms with Gasteiger partial charge in [0.25, 0.3) is 0 Å². The maximum atomic E-state index is 12.3. The third-order valence-corrected chi connectivity index (χ3v) is 5.32. The molecular weight excluding hydrogens is 328 g/mol. The first kappa shape index (κ1) is 15.0. The first-order valence-corrected chi connectivity index (χ1v) is 8.80. The van der Waals surface area contributed by atoms with Gasteiger partial charge in [-0.25, -0.2) is 0 Å². The number of benzene rings is 1. The molecule has 3 nitrogen and oxygen atoms in total. The van der Waals surface area contributed by atoms with Gasteiger partial charge in [0.2, 0.25) is 5.91 Å². The van der Waals surface area contributed by atoms with Gasteiger partial charge < -0.3 is 10.6 Å². The van der Waals surface area contributed by atoms with Gasteiger partial charge in [0, 0.05) is 17.1 Å². The molecule has 4 heteroatoms. The van der Waals surface area contributed by atoms with Crippen LogP contribution in [0.2, 0.25) is 0 Å². The summed E-state index contributed by atoms with van der Waals surface area (Å²) in [5.74, 6) is 0.951. The zero-order chi connectivity index (χ0) is 14.7. The van der Waals surface area contributed by atoms with Crippen molar-refractivity contribution in [2.75, 3.05) is 0 Å². The fourth-order valence-corrected chi connectivity index (χ4v) is 4.11. The monoisotopic (exact) mass is 350 g/mol. The number of hydrogen-bond acceptors (Lipinski definition) is 2. The summed E-state index contributed by atoms with van der Waals surface area (Å²) in [6.07, 6.45) is 7.42. The number of piperidine rings is 1. The van der Waals surface area contributed by atoms with Crippen LogP contribution in [0, 0.1) is 5.92 Å². The molecule has 1 saturated heterocycles. The Balaban J connectivity index is 1.51. The lowest BCUT2D eigenvalue weighted by Crippen LogP contribution is -2.54. The highest BCUT2D eigenvalue weighted by Crippen LogP contribution is 2.32. The molecule has 3 unspecified atom stereocenters. The van der Waals surface area contributed by atoms with E-state index in [1.165, 1.54) is 32.1 Å². The van der Waals surface area contributed by atoms with Crippen molar-refractivity contribution in [2.45, 2.75) is 57.2 Å². The predicted octanol–water partition coefficient (Wildman–Crippen LogP) is 3.38. The highest BCUT2D eigenvalue weighted by atomic mass is 79.9. The van der Waals surface area contributed by atoms with Crippen molar-refractivity contribution in [1.82, 2.24) is 10.6 Å². The van der Waals surface area contributed by atoms with Gasteiger partial charge in [-0.15, -0.1) is 0 Å². The number of amides is 1. The van der Waals surface area contributed by atoms with E-state index in [-0.39, 0.29) is 11.9 Å². The summed E-state index contributed by atoms with van der Waals surface area (Å²) in [7, 11) is 0. The van der Waals surface area contributed by atoms with Crippen molar-refractivity contribution in [3.8, 4) is 0 Å². The third kappa shape index (κ3) is 3.86. The van der Waals surface area contributed by atoms with Crippen molar-refractivity contribution in [2.24, 2.45) is 5.92 Å². The summed E-state index contributed by atoms with van der Waals surface area (Å²) in [5, 5.41) is 6.65. The second-order valence-corrected chi connectivity index (χ2v) is 7.21. The SMILES string of the molecule is O=C(NCc1cccc(Br)c1)C1CCC2CCCCC2N1. The van der Waals surface area contributed by atoms with Crippen LogP contribution in [-0.2, 0) is 11.3 Å². The van der Waals surface area contributed by atoms with E-state index in [0.717, 1.165) is 22.4 Å². The fraction of sp³-hybridized carbons (Fsp3) is 0.588. The lowest BCUT2D eigenvalue weighted by molar-refractivity contribution is -0.124. The Bertz CT molecular complexity index is 505. The maximum Gasteiger partial charge on any atom is 0.237 e. The van der Waals surface area contributed by atoms with E-state index in [4.69, 9.17) is 0 Å². The van der Waals surface area contributed by atoms with Crippen molar-refractivity contribution in [1.29, 1.82) is 0 Å². The second kappa shape index (κ2) is 6.93. The van der Waals surface area contributed by atoms with Crippen molar-refractivity contribution in [3.05, 3.63) is 34.3 Å². The molecule has 3 atom stereocenters. The highest BCUT2D eigenvalue weighted by Gasteiger charge is 2.34. The Morgan fingerprint density at radius 1 is 1.24 bits per heavy atom. The standard InChI is InChI=1S/C17H23BrN2O/c18-14-6-3-4-12(10-14)11-19-17(21)16-9-8-13-5-1-2-7-15(13)20-16/h3-4,6,10,13,15-16,20H,1-2,5,7-9,11H2,(H,19,21). The Morgan fingerprint density at radius 2 is 2.10 bits per heavy atom. The number of hydrogen-bond donors (Lipinski definition) is 2. The van der Waals surface area contributed by atoms with Crippen LogP contribution < -0.4 is 10.6 Å². The topological polar surface area (TPSA) is 41.1 Å². The van der Waals surface area contributed by atoms with Gasteiger partial charge in [0.1, 0.15) is 0 Å². The average molecular weight is 351 g/mol. The third-order valence-electron chi connectivity index (χ3n) is 4.82. The van der Waals surface area contributed by atoms with E-state index in [2.05, 4.69) is 26.6 Å². The minimum Gasteiger partial charge on any atom is -0.351 e. The Hall–Kier alpha value is -0.870. The van der Waals surface area contributed by atoms with E-state index in [1.54, 1.807) is 0 Å². The minimum absolute atomic E-state index is 0.00324. The van der Waals surface area contributed by atoms with Gasteiger partial charge >= 0.3 is 0 Å². The lowest BCUT2D eigenvalue weighted by atomic mass is 9.77. The van der Waals surface area contributed by atoms with Crippen LogP contribution in [0.5, 0.6) is 0 Å². The molecule has 1 heterocycles. The van der Waals surface area contributed by atoms with E-state index in [0.29, 0.717) is 12.6 Å². The van der Waals surface area contributed by atoms with Crippen LogP contribution in [-0.4, -0.2) is 18.0 Å². The summed E-state index contributed by atoms with van der Waals surface area (Å²) in [6.45, 7) is 0.602. The fourth-order valence-electron chi connectivity index (χ4n) is 3.66. The molecule has 1 aliphatic carbocycles. The summed E-state index contributed by atoms with van der Waals surface area (Å²) < 4.78 is 1.05. The molecule has 0 bridgehead atoms. The van der Waals surface area contributed by atoms with Crippen molar-refractivity contribution < 1.29 is 4.79 Å².